The average molecular weight is 367 g/mol. The molecule has 0 aliphatic rings. The number of aromatic nitrogens is 1. The van der Waals surface area contributed by atoms with Crippen LogP contribution in [0.3, 0.4) is 0 Å². The molecule has 0 radical (unpaired) electrons. The highest BCUT2D eigenvalue weighted by atomic mass is 32.2. The van der Waals surface area contributed by atoms with Crippen LogP contribution in [0, 0.1) is 0 Å². The number of aliphatic hydroxyl groups is 1. The fraction of sp³-hybridized carbons (Fsp3) is 0.375. The Hall–Kier alpha value is -2.23. The van der Waals surface area contributed by atoms with Crippen molar-refractivity contribution in [1.82, 2.24) is 9.88 Å². The number of sulfonamides is 1. The molecule has 0 bridgehead atoms. The number of amides is 1. The van der Waals surface area contributed by atoms with Crippen molar-refractivity contribution in [2.24, 2.45) is 0 Å². The zero-order chi connectivity index (χ0) is 18.7. The number of anilines is 1. The van der Waals surface area contributed by atoms with Crippen molar-refractivity contribution in [3.63, 3.8) is 0 Å². The van der Waals surface area contributed by atoms with Gasteiger partial charge in [0.05, 0.1) is 11.4 Å². The van der Waals surface area contributed by atoms with E-state index in [2.05, 4.69) is 15.2 Å². The first-order valence-corrected chi connectivity index (χ1v) is 9.20. The first-order chi connectivity index (χ1) is 11.6. The second kappa shape index (κ2) is 7.34. The van der Waals surface area contributed by atoms with Crippen LogP contribution in [-0.2, 0) is 15.6 Å². The van der Waals surface area contributed by atoms with Crippen LogP contribution in [-0.4, -0.2) is 36.4 Å². The molecule has 8 nitrogen and oxygen atoms in total. The van der Waals surface area contributed by atoms with Crippen molar-refractivity contribution < 1.29 is 22.8 Å². The van der Waals surface area contributed by atoms with E-state index in [9.17, 15) is 18.3 Å². The van der Waals surface area contributed by atoms with Crippen molar-refractivity contribution in [3.8, 4) is 0 Å². The fourth-order valence-corrected chi connectivity index (χ4v) is 2.76. The van der Waals surface area contributed by atoms with Crippen LogP contribution in [0.5, 0.6) is 0 Å². The zero-order valence-corrected chi connectivity index (χ0v) is 15.0. The number of hydrogen-bond acceptors (Lipinski definition) is 6. The van der Waals surface area contributed by atoms with Crippen LogP contribution in [0.25, 0.3) is 0 Å². The van der Waals surface area contributed by atoms with Gasteiger partial charge in [-0.1, -0.05) is 17.3 Å². The molecular formula is C16H21N3O5S. The maximum atomic E-state index is 11.9. The molecule has 1 heterocycles. The number of nitrogens with zero attached hydrogens (tertiary/aromatic N) is 1. The summed E-state index contributed by atoms with van der Waals surface area (Å²) in [5.41, 5.74) is -0.379. The summed E-state index contributed by atoms with van der Waals surface area (Å²) in [6, 6.07) is 7.87. The number of carbonyl (C=O) groups excluding carboxylic acids is 1. The first kappa shape index (κ1) is 19.1. The predicted molar refractivity (Wildman–Crippen MR) is 92.5 cm³/mol. The Morgan fingerprint density at radius 2 is 1.92 bits per heavy atom. The van der Waals surface area contributed by atoms with Gasteiger partial charge in [-0.2, -0.15) is 0 Å². The smallest absolute Gasteiger partial charge is 0.294 e. The van der Waals surface area contributed by atoms with E-state index >= 15 is 0 Å². The highest BCUT2D eigenvalue weighted by Crippen LogP contribution is 2.22. The van der Waals surface area contributed by atoms with E-state index in [0.717, 1.165) is 0 Å². The molecule has 1 atom stereocenters. The number of carbonyl (C=O) groups is 1. The average Bonchev–Trinajstić information content (AvgIpc) is 3.08. The molecule has 0 fully saturated rings. The Balaban J connectivity index is 2.04. The van der Waals surface area contributed by atoms with E-state index < -0.39 is 26.8 Å². The molecule has 1 amide bonds. The predicted octanol–water partition coefficient (Wildman–Crippen LogP) is 1.46. The monoisotopic (exact) mass is 367 g/mol. The Kier molecular flexibility index (Phi) is 5.61. The van der Waals surface area contributed by atoms with Crippen LogP contribution in [0.1, 0.15) is 36.9 Å². The molecule has 1 unspecified atom stereocenters. The minimum absolute atomic E-state index is 0.0826. The minimum atomic E-state index is -3.47. The van der Waals surface area contributed by atoms with Crippen LogP contribution >= 0.6 is 0 Å². The van der Waals surface area contributed by atoms with E-state index in [0.29, 0.717) is 11.3 Å². The van der Waals surface area contributed by atoms with Crippen molar-refractivity contribution in [3.05, 3.63) is 47.9 Å². The highest BCUT2D eigenvalue weighted by Gasteiger charge is 2.26. The van der Waals surface area contributed by atoms with E-state index in [1.54, 1.807) is 38.1 Å². The Morgan fingerprint density at radius 3 is 2.44 bits per heavy atom. The highest BCUT2D eigenvalue weighted by molar-refractivity contribution is 7.90. The summed E-state index contributed by atoms with van der Waals surface area (Å²) < 4.78 is 30.8. The lowest BCUT2D eigenvalue weighted by Crippen LogP contribution is -2.41. The van der Waals surface area contributed by atoms with Gasteiger partial charge >= 0.3 is 0 Å². The summed E-state index contributed by atoms with van der Waals surface area (Å²) in [6.45, 7) is 4.47. The molecule has 136 valence electrons. The van der Waals surface area contributed by atoms with Gasteiger partial charge in [0.25, 0.3) is 5.91 Å². The molecule has 0 aliphatic carbocycles. The van der Waals surface area contributed by atoms with Gasteiger partial charge in [0.2, 0.25) is 15.8 Å². The fourth-order valence-electron chi connectivity index (χ4n) is 1.95. The summed E-state index contributed by atoms with van der Waals surface area (Å²) in [7, 11) is -3.47. The summed E-state index contributed by atoms with van der Waals surface area (Å²) in [5, 5.41) is 16.0. The molecule has 0 saturated carbocycles. The van der Waals surface area contributed by atoms with Crippen molar-refractivity contribution >= 4 is 21.6 Å². The molecular weight excluding hydrogens is 346 g/mol. The zero-order valence-electron chi connectivity index (χ0n) is 14.2. The number of nitrogens with one attached hydrogen (secondary N) is 2. The minimum Gasteiger partial charge on any atom is -0.384 e. The maximum absolute atomic E-state index is 11.9. The maximum Gasteiger partial charge on any atom is 0.294 e. The quantitative estimate of drug-likeness (QED) is 0.681. The lowest BCUT2D eigenvalue weighted by Gasteiger charge is -2.25. The van der Waals surface area contributed by atoms with Crippen molar-refractivity contribution in [2.45, 2.75) is 31.6 Å². The van der Waals surface area contributed by atoms with E-state index in [-0.39, 0.29) is 12.3 Å². The van der Waals surface area contributed by atoms with Crippen LogP contribution in [0.2, 0.25) is 0 Å². The molecule has 1 aromatic carbocycles. The Bertz CT molecular complexity index is 812. The third kappa shape index (κ3) is 4.88. The summed E-state index contributed by atoms with van der Waals surface area (Å²) in [6.07, 6.45) is 1.37. The normalized spacial score (nSPS) is 14.3. The number of benzene rings is 1. The van der Waals surface area contributed by atoms with Gasteiger partial charge in [-0.25, -0.2) is 13.1 Å². The number of hydrogen-bond donors (Lipinski definition) is 3. The molecule has 2 rings (SSSR count). The third-order valence-electron chi connectivity index (χ3n) is 3.66. The van der Waals surface area contributed by atoms with Gasteiger partial charge in [0, 0.05) is 18.3 Å². The molecule has 25 heavy (non-hydrogen) atoms. The molecule has 0 spiro atoms. The molecule has 3 N–H and O–H groups in total. The van der Waals surface area contributed by atoms with E-state index in [1.807, 2.05) is 0 Å². The molecule has 0 aliphatic heterocycles. The van der Waals surface area contributed by atoms with Gasteiger partial charge in [-0.3, -0.25) is 4.79 Å². The second-order valence-electron chi connectivity index (χ2n) is 6.10. The molecule has 9 heteroatoms. The molecule has 2 aromatic rings. The standard InChI is InChI=1S/C16H21N3O5S/c1-11(2)25(22,23)18-10-16(3,21)12-4-6-13(7-5-12)19-15(20)14-8-9-17-24-14/h4-9,11,18,21H,10H2,1-3H3,(H,19,20). The third-order valence-corrected chi connectivity index (χ3v) is 5.45. The largest absolute Gasteiger partial charge is 0.384 e. The van der Waals surface area contributed by atoms with Gasteiger partial charge < -0.3 is 14.9 Å². The van der Waals surface area contributed by atoms with Gasteiger partial charge in [0.15, 0.2) is 0 Å². The van der Waals surface area contributed by atoms with Gasteiger partial charge in [-0.15, -0.1) is 0 Å². The first-order valence-electron chi connectivity index (χ1n) is 7.65. The second-order valence-corrected chi connectivity index (χ2v) is 8.42. The van der Waals surface area contributed by atoms with Crippen LogP contribution in [0.4, 0.5) is 5.69 Å². The Morgan fingerprint density at radius 1 is 1.28 bits per heavy atom. The topological polar surface area (TPSA) is 122 Å². The van der Waals surface area contributed by atoms with E-state index in [1.165, 1.54) is 19.2 Å². The Labute approximate surface area is 146 Å². The van der Waals surface area contributed by atoms with Crippen LogP contribution < -0.4 is 10.0 Å². The van der Waals surface area contributed by atoms with Crippen molar-refractivity contribution in [2.75, 3.05) is 11.9 Å². The number of rotatable bonds is 7. The molecule has 1 aromatic heterocycles. The SMILES string of the molecule is CC(C)S(=O)(=O)NCC(C)(O)c1ccc(NC(=O)c2ccno2)cc1. The lowest BCUT2D eigenvalue weighted by molar-refractivity contribution is 0.0627. The van der Waals surface area contributed by atoms with Crippen LogP contribution in [0.15, 0.2) is 41.1 Å². The molecule has 0 saturated heterocycles. The summed E-state index contributed by atoms with van der Waals surface area (Å²) in [5.74, 6) is -0.360. The van der Waals surface area contributed by atoms with E-state index in [4.69, 9.17) is 4.52 Å². The summed E-state index contributed by atoms with van der Waals surface area (Å²) >= 11 is 0. The van der Waals surface area contributed by atoms with Gasteiger partial charge in [-0.05, 0) is 38.5 Å². The van der Waals surface area contributed by atoms with Gasteiger partial charge in [0.1, 0.15) is 5.60 Å². The lowest BCUT2D eigenvalue weighted by atomic mass is 9.96. The summed E-state index contributed by atoms with van der Waals surface area (Å²) in [4.78, 5) is 11.9. The van der Waals surface area contributed by atoms with Crippen molar-refractivity contribution in [1.29, 1.82) is 0 Å².